The molecule has 0 radical (unpaired) electrons. The molecule has 0 aromatic carbocycles. The summed E-state index contributed by atoms with van der Waals surface area (Å²) >= 11 is 0. The molecular formula is C12H23N3O3S. The van der Waals surface area contributed by atoms with Crippen molar-refractivity contribution >= 4 is 22.5 Å². The van der Waals surface area contributed by atoms with Gasteiger partial charge in [-0.15, -0.1) is 0 Å². The minimum absolute atomic E-state index is 0.0363. The highest BCUT2D eigenvalue weighted by Gasteiger charge is 2.40. The Hall–Kier alpha value is -1.11. The molecule has 0 unspecified atom stereocenters. The second-order valence-electron chi connectivity index (χ2n) is 4.87. The highest BCUT2D eigenvalue weighted by atomic mass is 32.2. The molecule has 7 heteroatoms. The van der Waals surface area contributed by atoms with Crippen LogP contribution in [0.15, 0.2) is 5.16 Å². The Labute approximate surface area is 116 Å². The second kappa shape index (κ2) is 6.88. The fourth-order valence-electron chi connectivity index (χ4n) is 2.41. The molecular weight excluding hydrogens is 266 g/mol. The van der Waals surface area contributed by atoms with Crippen LogP contribution >= 0.6 is 0 Å². The number of nitrogens with one attached hydrogen (secondary N) is 1. The van der Waals surface area contributed by atoms with Crippen LogP contribution in [0.5, 0.6) is 0 Å². The molecule has 0 bridgehead atoms. The lowest BCUT2D eigenvalue weighted by molar-refractivity contribution is -0.128. The number of amidine groups is 1. The van der Waals surface area contributed by atoms with Gasteiger partial charge in [0.1, 0.15) is 5.41 Å². The van der Waals surface area contributed by atoms with E-state index in [-0.39, 0.29) is 17.8 Å². The molecule has 110 valence electrons. The summed E-state index contributed by atoms with van der Waals surface area (Å²) in [6.45, 7) is 3.69. The van der Waals surface area contributed by atoms with Crippen LogP contribution in [0, 0.1) is 5.41 Å². The van der Waals surface area contributed by atoms with E-state index in [0.717, 1.165) is 12.8 Å². The largest absolute Gasteiger partial charge is 0.409 e. The van der Waals surface area contributed by atoms with Crippen molar-refractivity contribution < 1.29 is 14.2 Å². The van der Waals surface area contributed by atoms with Gasteiger partial charge >= 0.3 is 0 Å². The molecule has 19 heavy (non-hydrogen) atoms. The van der Waals surface area contributed by atoms with Gasteiger partial charge in [-0.3, -0.25) is 9.00 Å². The summed E-state index contributed by atoms with van der Waals surface area (Å²) in [4.78, 5) is 12.4. The molecule has 1 heterocycles. The van der Waals surface area contributed by atoms with E-state index in [4.69, 9.17) is 10.9 Å². The number of rotatable bonds is 5. The first kappa shape index (κ1) is 15.9. The van der Waals surface area contributed by atoms with Crippen molar-refractivity contribution in [2.24, 2.45) is 16.3 Å². The molecule has 1 fully saturated rings. The van der Waals surface area contributed by atoms with Gasteiger partial charge in [0.2, 0.25) is 5.91 Å². The zero-order chi connectivity index (χ0) is 14.5. The fourth-order valence-corrected chi connectivity index (χ4v) is 3.71. The lowest BCUT2D eigenvalue weighted by atomic mass is 9.80. The summed E-state index contributed by atoms with van der Waals surface area (Å²) in [7, 11) is -0.751. The predicted octanol–water partition coefficient (Wildman–Crippen LogP) is 0.567. The minimum Gasteiger partial charge on any atom is -0.409 e. The van der Waals surface area contributed by atoms with Gasteiger partial charge in [0.05, 0.1) is 0 Å². The average molecular weight is 289 g/mol. The number of nitrogens with zero attached hydrogens (tertiary/aromatic N) is 1. The lowest BCUT2D eigenvalue weighted by Crippen LogP contribution is -2.52. The van der Waals surface area contributed by atoms with Crippen molar-refractivity contribution in [1.82, 2.24) is 5.32 Å². The van der Waals surface area contributed by atoms with Crippen molar-refractivity contribution in [3.8, 4) is 0 Å². The Kier molecular flexibility index (Phi) is 5.78. The van der Waals surface area contributed by atoms with E-state index in [0.29, 0.717) is 24.3 Å². The van der Waals surface area contributed by atoms with E-state index in [1.807, 2.05) is 13.8 Å². The number of carbonyl (C=O) groups is 1. The summed E-state index contributed by atoms with van der Waals surface area (Å²) in [5.41, 5.74) is 4.74. The maximum absolute atomic E-state index is 12.4. The first-order chi connectivity index (χ1) is 9.00. The van der Waals surface area contributed by atoms with E-state index in [2.05, 4.69) is 10.5 Å². The van der Waals surface area contributed by atoms with Gasteiger partial charge in [0, 0.05) is 28.3 Å². The molecule has 4 N–H and O–H groups in total. The number of carbonyl (C=O) groups excluding carboxylic acids is 1. The van der Waals surface area contributed by atoms with Crippen molar-refractivity contribution in [2.75, 3.05) is 11.5 Å². The summed E-state index contributed by atoms with van der Waals surface area (Å²) in [6, 6.07) is 0.0363. The quantitative estimate of drug-likeness (QED) is 0.298. The van der Waals surface area contributed by atoms with Gasteiger partial charge in [-0.05, 0) is 25.7 Å². The molecule has 0 atom stereocenters. The highest BCUT2D eigenvalue weighted by Crippen LogP contribution is 2.27. The van der Waals surface area contributed by atoms with Crippen LogP contribution in [-0.2, 0) is 15.6 Å². The van der Waals surface area contributed by atoms with Crippen LogP contribution < -0.4 is 11.1 Å². The molecule has 0 spiro atoms. The summed E-state index contributed by atoms with van der Waals surface area (Å²) < 4.78 is 11.3. The molecule has 0 aliphatic carbocycles. The number of amides is 1. The Morgan fingerprint density at radius 3 is 2.37 bits per heavy atom. The van der Waals surface area contributed by atoms with Crippen LogP contribution in [0.1, 0.15) is 39.5 Å². The SMILES string of the molecule is CCC(CC)(C(=O)NC1CCS(=O)CC1)C(N)=NO. The maximum atomic E-state index is 12.4. The average Bonchev–Trinajstić information content (AvgIpc) is 2.43. The van der Waals surface area contributed by atoms with Gasteiger partial charge in [-0.25, -0.2) is 0 Å². The Bertz CT molecular complexity index is 370. The van der Waals surface area contributed by atoms with E-state index in [1.165, 1.54) is 0 Å². The molecule has 1 aliphatic rings. The standard InChI is InChI=1S/C12H23N3O3S/c1-3-12(4-2,10(13)15-17)11(16)14-9-5-7-19(18)8-6-9/h9,17H,3-8H2,1-2H3,(H2,13,15)(H,14,16). The number of nitrogens with two attached hydrogens (primary N) is 1. The van der Waals surface area contributed by atoms with Crippen LogP contribution in [0.25, 0.3) is 0 Å². The number of hydrogen-bond donors (Lipinski definition) is 3. The Morgan fingerprint density at radius 2 is 1.95 bits per heavy atom. The van der Waals surface area contributed by atoms with Crippen molar-refractivity contribution in [3.05, 3.63) is 0 Å². The Balaban J connectivity index is 2.75. The summed E-state index contributed by atoms with van der Waals surface area (Å²) in [6.07, 6.45) is 2.39. The van der Waals surface area contributed by atoms with Gasteiger partial charge < -0.3 is 16.3 Å². The van der Waals surface area contributed by atoms with Gasteiger partial charge in [-0.2, -0.15) is 0 Å². The van der Waals surface area contributed by atoms with E-state index >= 15 is 0 Å². The predicted molar refractivity (Wildman–Crippen MR) is 75.5 cm³/mol. The maximum Gasteiger partial charge on any atom is 0.234 e. The highest BCUT2D eigenvalue weighted by molar-refractivity contribution is 7.85. The van der Waals surface area contributed by atoms with E-state index in [1.54, 1.807) is 0 Å². The van der Waals surface area contributed by atoms with Crippen molar-refractivity contribution in [3.63, 3.8) is 0 Å². The van der Waals surface area contributed by atoms with Gasteiger partial charge in [0.25, 0.3) is 0 Å². The number of oxime groups is 1. The smallest absolute Gasteiger partial charge is 0.234 e. The zero-order valence-electron chi connectivity index (χ0n) is 11.5. The fraction of sp³-hybridized carbons (Fsp3) is 0.833. The molecule has 0 aromatic heterocycles. The zero-order valence-corrected chi connectivity index (χ0v) is 12.3. The third kappa shape index (κ3) is 3.46. The molecule has 1 amide bonds. The minimum atomic E-state index is -0.953. The van der Waals surface area contributed by atoms with Crippen LogP contribution in [0.3, 0.4) is 0 Å². The first-order valence-electron chi connectivity index (χ1n) is 6.64. The van der Waals surface area contributed by atoms with Crippen LogP contribution in [0.4, 0.5) is 0 Å². The molecule has 6 nitrogen and oxygen atoms in total. The Morgan fingerprint density at radius 1 is 1.42 bits per heavy atom. The normalized spacial score (nSPS) is 25.1. The van der Waals surface area contributed by atoms with Gasteiger partial charge in [0.15, 0.2) is 5.84 Å². The summed E-state index contributed by atoms with van der Waals surface area (Å²) in [5.74, 6) is 0.999. The molecule has 1 saturated heterocycles. The van der Waals surface area contributed by atoms with Crippen molar-refractivity contribution in [2.45, 2.75) is 45.6 Å². The van der Waals surface area contributed by atoms with Crippen molar-refractivity contribution in [1.29, 1.82) is 0 Å². The topological polar surface area (TPSA) is 105 Å². The summed E-state index contributed by atoms with van der Waals surface area (Å²) in [5, 5.41) is 14.8. The van der Waals surface area contributed by atoms with Gasteiger partial charge in [-0.1, -0.05) is 19.0 Å². The van der Waals surface area contributed by atoms with Crippen LogP contribution in [-0.4, -0.2) is 38.7 Å². The third-order valence-corrected chi connectivity index (χ3v) is 5.35. The molecule has 1 aliphatic heterocycles. The van der Waals surface area contributed by atoms with E-state index in [9.17, 15) is 9.00 Å². The molecule has 1 rings (SSSR count). The molecule has 0 aromatic rings. The lowest BCUT2D eigenvalue weighted by Gasteiger charge is -2.32. The molecule has 0 saturated carbocycles. The number of hydrogen-bond acceptors (Lipinski definition) is 4. The third-order valence-electron chi connectivity index (χ3n) is 3.96. The monoisotopic (exact) mass is 289 g/mol. The second-order valence-corrected chi connectivity index (χ2v) is 6.57. The van der Waals surface area contributed by atoms with E-state index < -0.39 is 16.2 Å². The first-order valence-corrected chi connectivity index (χ1v) is 8.12. The van der Waals surface area contributed by atoms with Crippen LogP contribution in [0.2, 0.25) is 0 Å².